The fraction of sp³-hybridized carbons (Fsp3) is 0.417. The van der Waals surface area contributed by atoms with Gasteiger partial charge in [-0.15, -0.1) is 6.42 Å². The second-order valence-electron chi connectivity index (χ2n) is 3.41. The van der Waals surface area contributed by atoms with Crippen molar-refractivity contribution in [3.8, 4) is 12.3 Å². The lowest BCUT2D eigenvalue weighted by Crippen LogP contribution is -2.09. The molecule has 0 spiro atoms. The van der Waals surface area contributed by atoms with Crippen molar-refractivity contribution in [1.29, 1.82) is 0 Å². The predicted molar refractivity (Wildman–Crippen MR) is 57.5 cm³/mol. The molecule has 0 fully saturated rings. The first-order valence-corrected chi connectivity index (χ1v) is 4.75. The maximum Gasteiger partial charge on any atom is 0.151 e. The van der Waals surface area contributed by atoms with Crippen LogP contribution in [0.4, 0.5) is 0 Å². The lowest BCUT2D eigenvalue weighted by molar-refractivity contribution is 0.112. The number of nitrogens with zero attached hydrogens (tertiary/aromatic N) is 1. The van der Waals surface area contributed by atoms with Crippen LogP contribution in [0, 0.1) is 26.2 Å². The first-order chi connectivity index (χ1) is 6.65. The van der Waals surface area contributed by atoms with Crippen LogP contribution in [0.2, 0.25) is 0 Å². The molecule has 1 heterocycles. The smallest absolute Gasteiger partial charge is 0.151 e. The van der Waals surface area contributed by atoms with Gasteiger partial charge >= 0.3 is 0 Å². The van der Waals surface area contributed by atoms with E-state index in [9.17, 15) is 4.79 Å². The van der Waals surface area contributed by atoms with Gasteiger partial charge in [0.1, 0.15) is 0 Å². The Balaban J connectivity index is 3.27. The van der Waals surface area contributed by atoms with Crippen molar-refractivity contribution in [3.05, 3.63) is 23.0 Å². The molecule has 74 valence electrons. The highest BCUT2D eigenvalue weighted by Crippen LogP contribution is 2.20. The summed E-state index contributed by atoms with van der Waals surface area (Å²) in [5.74, 6) is 2.73. The van der Waals surface area contributed by atoms with Gasteiger partial charge in [-0.3, -0.25) is 4.79 Å². The molecule has 0 saturated carbocycles. The molecule has 1 aromatic rings. The van der Waals surface area contributed by atoms with Crippen molar-refractivity contribution in [2.45, 2.75) is 33.2 Å². The van der Waals surface area contributed by atoms with Crippen LogP contribution in [0.3, 0.4) is 0 Å². The molecule has 0 radical (unpaired) electrons. The lowest BCUT2D eigenvalue weighted by Gasteiger charge is -2.15. The number of rotatable bonds is 3. The molecule has 0 aliphatic rings. The van der Waals surface area contributed by atoms with E-state index in [-0.39, 0.29) is 6.04 Å². The van der Waals surface area contributed by atoms with Crippen LogP contribution in [-0.2, 0) is 0 Å². The fourth-order valence-electron chi connectivity index (χ4n) is 1.78. The van der Waals surface area contributed by atoms with Crippen molar-refractivity contribution in [3.63, 3.8) is 0 Å². The van der Waals surface area contributed by atoms with Crippen LogP contribution in [0.5, 0.6) is 0 Å². The average Bonchev–Trinajstić information content (AvgIpc) is 2.46. The van der Waals surface area contributed by atoms with Gasteiger partial charge in [0.2, 0.25) is 0 Å². The summed E-state index contributed by atoms with van der Waals surface area (Å²) in [5.41, 5.74) is 2.74. The summed E-state index contributed by atoms with van der Waals surface area (Å²) in [7, 11) is 0. The minimum absolute atomic E-state index is 0.0590. The Bertz CT molecular complexity index is 382. The van der Waals surface area contributed by atoms with E-state index in [4.69, 9.17) is 6.42 Å². The van der Waals surface area contributed by atoms with E-state index in [1.165, 1.54) is 0 Å². The van der Waals surface area contributed by atoms with E-state index in [1.807, 2.05) is 31.4 Å². The van der Waals surface area contributed by atoms with Crippen LogP contribution < -0.4 is 0 Å². The molecule has 2 heteroatoms. The van der Waals surface area contributed by atoms with Gasteiger partial charge in [-0.25, -0.2) is 0 Å². The van der Waals surface area contributed by atoms with E-state index in [2.05, 4.69) is 5.92 Å². The van der Waals surface area contributed by atoms with Crippen LogP contribution in [0.1, 0.15) is 41.1 Å². The Morgan fingerprint density at radius 1 is 1.64 bits per heavy atom. The minimum Gasteiger partial charge on any atom is -0.334 e. The summed E-state index contributed by atoms with van der Waals surface area (Å²) >= 11 is 0. The molecule has 0 amide bonds. The highest BCUT2D eigenvalue weighted by molar-refractivity contribution is 5.77. The monoisotopic (exact) mass is 189 g/mol. The summed E-state index contributed by atoms with van der Waals surface area (Å²) in [6, 6.07) is 1.94. The number of carbonyl (C=O) groups is 1. The maximum atomic E-state index is 10.7. The molecule has 1 unspecified atom stereocenters. The van der Waals surface area contributed by atoms with Gasteiger partial charge in [0.25, 0.3) is 0 Å². The lowest BCUT2D eigenvalue weighted by atomic mass is 10.2. The zero-order valence-electron chi connectivity index (χ0n) is 8.87. The molecule has 0 N–H and O–H groups in total. The molecule has 1 aromatic heterocycles. The van der Waals surface area contributed by atoms with Crippen LogP contribution >= 0.6 is 0 Å². The standard InChI is InChI=1S/C12H15NO/c1-5-12(6-2)13-9(3)7-11(8-14)10(13)4/h1,7-8,12H,6H2,2-4H3. The van der Waals surface area contributed by atoms with E-state index in [1.54, 1.807) is 0 Å². The van der Waals surface area contributed by atoms with Gasteiger partial charge in [0, 0.05) is 17.0 Å². The summed E-state index contributed by atoms with van der Waals surface area (Å²) in [4.78, 5) is 10.7. The molecule has 0 bridgehead atoms. The Kier molecular flexibility index (Phi) is 3.14. The molecule has 0 aromatic carbocycles. The van der Waals surface area contributed by atoms with Crippen molar-refractivity contribution in [2.75, 3.05) is 0 Å². The molecule has 0 aliphatic heterocycles. The van der Waals surface area contributed by atoms with Crippen molar-refractivity contribution >= 4 is 6.29 Å². The SMILES string of the molecule is C#CC(CC)n1c(C)cc(C=O)c1C. The molecule has 0 saturated heterocycles. The third-order valence-corrected chi connectivity index (χ3v) is 2.54. The number of carbonyl (C=O) groups excluding carboxylic acids is 1. The van der Waals surface area contributed by atoms with E-state index < -0.39 is 0 Å². The zero-order chi connectivity index (χ0) is 10.7. The topological polar surface area (TPSA) is 22.0 Å². The predicted octanol–water partition coefficient (Wildman–Crippen LogP) is 2.50. The zero-order valence-corrected chi connectivity index (χ0v) is 8.87. The Hall–Kier alpha value is -1.49. The van der Waals surface area contributed by atoms with Gasteiger partial charge in [-0.05, 0) is 26.3 Å². The Morgan fingerprint density at radius 2 is 2.29 bits per heavy atom. The molecule has 1 atom stereocenters. The Morgan fingerprint density at radius 3 is 2.64 bits per heavy atom. The first-order valence-electron chi connectivity index (χ1n) is 4.75. The molecular formula is C12H15NO. The number of aldehydes is 1. The van der Waals surface area contributed by atoms with Gasteiger partial charge in [0.05, 0.1) is 6.04 Å². The number of hydrogen-bond donors (Lipinski definition) is 0. The number of aromatic nitrogens is 1. The van der Waals surface area contributed by atoms with Crippen LogP contribution in [0.15, 0.2) is 6.07 Å². The molecule has 2 nitrogen and oxygen atoms in total. The highest BCUT2D eigenvalue weighted by atomic mass is 16.1. The Labute approximate surface area is 84.9 Å². The quantitative estimate of drug-likeness (QED) is 0.529. The summed E-state index contributed by atoms with van der Waals surface area (Å²) in [6.07, 6.45) is 7.20. The number of hydrogen-bond acceptors (Lipinski definition) is 1. The highest BCUT2D eigenvalue weighted by Gasteiger charge is 2.13. The second-order valence-corrected chi connectivity index (χ2v) is 3.41. The fourth-order valence-corrected chi connectivity index (χ4v) is 1.78. The van der Waals surface area contributed by atoms with E-state index in [0.29, 0.717) is 0 Å². The second kappa shape index (κ2) is 4.15. The first kappa shape index (κ1) is 10.6. The largest absolute Gasteiger partial charge is 0.334 e. The molecule has 1 rings (SSSR count). The summed E-state index contributed by atoms with van der Waals surface area (Å²) < 4.78 is 2.05. The van der Waals surface area contributed by atoms with Crippen molar-refractivity contribution < 1.29 is 4.79 Å². The summed E-state index contributed by atoms with van der Waals surface area (Å²) in [5, 5.41) is 0. The van der Waals surface area contributed by atoms with Crippen molar-refractivity contribution in [2.24, 2.45) is 0 Å². The molecule has 14 heavy (non-hydrogen) atoms. The number of terminal acetylenes is 1. The third kappa shape index (κ3) is 1.58. The average molecular weight is 189 g/mol. The maximum absolute atomic E-state index is 10.7. The van der Waals surface area contributed by atoms with E-state index in [0.717, 1.165) is 29.7 Å². The summed E-state index contributed by atoms with van der Waals surface area (Å²) in [6.45, 7) is 5.95. The minimum atomic E-state index is 0.0590. The van der Waals surface area contributed by atoms with Gasteiger partial charge < -0.3 is 4.57 Å². The van der Waals surface area contributed by atoms with Gasteiger partial charge in [-0.1, -0.05) is 12.8 Å². The normalized spacial score (nSPS) is 12.1. The van der Waals surface area contributed by atoms with Gasteiger partial charge in [-0.2, -0.15) is 0 Å². The number of aryl methyl sites for hydroxylation is 1. The van der Waals surface area contributed by atoms with Crippen LogP contribution in [-0.4, -0.2) is 10.9 Å². The third-order valence-electron chi connectivity index (χ3n) is 2.54. The van der Waals surface area contributed by atoms with Gasteiger partial charge in [0.15, 0.2) is 6.29 Å². The molecular weight excluding hydrogens is 174 g/mol. The van der Waals surface area contributed by atoms with E-state index >= 15 is 0 Å². The molecule has 0 aliphatic carbocycles. The van der Waals surface area contributed by atoms with Crippen molar-refractivity contribution in [1.82, 2.24) is 4.57 Å². The van der Waals surface area contributed by atoms with Crippen LogP contribution in [0.25, 0.3) is 0 Å².